The van der Waals surface area contributed by atoms with Crippen LogP contribution in [0.1, 0.15) is 34.1 Å². The normalized spacial score (nSPS) is 35.4. The summed E-state index contributed by atoms with van der Waals surface area (Å²) in [5.41, 5.74) is -0.185. The van der Waals surface area contributed by atoms with E-state index in [9.17, 15) is 14.4 Å². The third-order valence-corrected chi connectivity index (χ3v) is 4.86. The maximum Gasteiger partial charge on any atom is 0.334 e. The van der Waals surface area contributed by atoms with Gasteiger partial charge in [0.05, 0.1) is 17.4 Å². The smallest absolute Gasteiger partial charge is 0.334 e. The Hall–Kier alpha value is -2.21. The zero-order valence-corrected chi connectivity index (χ0v) is 15.9. The number of fused-ring (bicyclic) bond motifs is 1. The quantitative estimate of drug-likeness (QED) is 0.567. The molecule has 0 N–H and O–H groups in total. The highest BCUT2D eigenvalue weighted by atomic mass is 16.6. The van der Waals surface area contributed by atoms with Crippen molar-refractivity contribution in [3.8, 4) is 0 Å². The number of hydrogen-bond acceptors (Lipinski definition) is 6. The molecule has 0 aromatic carbocycles. The van der Waals surface area contributed by atoms with Crippen LogP contribution in [0.15, 0.2) is 36.0 Å². The van der Waals surface area contributed by atoms with Crippen LogP contribution in [-0.4, -0.2) is 42.6 Å². The molecule has 0 radical (unpaired) electrons. The standard InChI is InChI=1S/C20H26O6/c1-11(2)18(22)26-16-10-20(5,24-6)8-7-14(21)12(3)9-15-17(16)13(4)19(23)25-15/h7-9,11,15-17H,4,10H2,1-3,5-6H3/b8-7+,12-9-/t15-,16-,17+,20+/m1/s1. The summed E-state index contributed by atoms with van der Waals surface area (Å²) in [4.78, 5) is 36.6. The first-order valence-corrected chi connectivity index (χ1v) is 8.65. The molecular weight excluding hydrogens is 336 g/mol. The van der Waals surface area contributed by atoms with E-state index in [1.165, 1.54) is 13.2 Å². The Morgan fingerprint density at radius 1 is 1.38 bits per heavy atom. The van der Waals surface area contributed by atoms with Crippen LogP contribution in [0.2, 0.25) is 0 Å². The van der Waals surface area contributed by atoms with Gasteiger partial charge in [-0.15, -0.1) is 0 Å². The van der Waals surface area contributed by atoms with Crippen LogP contribution in [0, 0.1) is 11.8 Å². The minimum absolute atomic E-state index is 0.196. The van der Waals surface area contributed by atoms with Crippen LogP contribution in [0.25, 0.3) is 0 Å². The van der Waals surface area contributed by atoms with Crippen LogP contribution < -0.4 is 0 Å². The predicted octanol–water partition coefficient (Wildman–Crippen LogP) is 2.53. The molecule has 0 amide bonds. The van der Waals surface area contributed by atoms with E-state index >= 15 is 0 Å². The van der Waals surface area contributed by atoms with Gasteiger partial charge >= 0.3 is 11.9 Å². The van der Waals surface area contributed by atoms with E-state index in [1.807, 2.05) is 0 Å². The summed E-state index contributed by atoms with van der Waals surface area (Å²) in [5, 5.41) is 0. The van der Waals surface area contributed by atoms with Crippen molar-refractivity contribution in [2.24, 2.45) is 11.8 Å². The Morgan fingerprint density at radius 3 is 2.62 bits per heavy atom. The number of allylic oxidation sites excluding steroid dienone is 2. The summed E-state index contributed by atoms with van der Waals surface area (Å²) in [6.45, 7) is 10.8. The fraction of sp³-hybridized carbons (Fsp3) is 0.550. The maximum absolute atomic E-state index is 12.3. The molecule has 0 aromatic heterocycles. The molecule has 1 aliphatic carbocycles. The van der Waals surface area contributed by atoms with E-state index in [4.69, 9.17) is 14.2 Å². The molecule has 142 valence electrons. The molecule has 0 spiro atoms. The summed E-state index contributed by atoms with van der Waals surface area (Å²) < 4.78 is 16.7. The largest absolute Gasteiger partial charge is 0.461 e. The lowest BCUT2D eigenvalue weighted by Gasteiger charge is -2.34. The van der Waals surface area contributed by atoms with Gasteiger partial charge in [0.2, 0.25) is 0 Å². The molecule has 1 fully saturated rings. The molecule has 4 atom stereocenters. The topological polar surface area (TPSA) is 78.9 Å². The Labute approximate surface area is 153 Å². The molecule has 2 rings (SSSR count). The monoisotopic (exact) mass is 362 g/mol. The number of rotatable bonds is 3. The Morgan fingerprint density at radius 2 is 2.04 bits per heavy atom. The maximum atomic E-state index is 12.3. The fourth-order valence-corrected chi connectivity index (χ4v) is 3.04. The molecule has 1 aliphatic heterocycles. The van der Waals surface area contributed by atoms with Crippen molar-refractivity contribution in [3.05, 3.63) is 36.0 Å². The van der Waals surface area contributed by atoms with Gasteiger partial charge in [-0.1, -0.05) is 20.4 Å². The lowest BCUT2D eigenvalue weighted by Crippen LogP contribution is -2.41. The predicted molar refractivity (Wildman–Crippen MR) is 95.2 cm³/mol. The van der Waals surface area contributed by atoms with Crippen molar-refractivity contribution >= 4 is 17.7 Å². The number of hydrogen-bond donors (Lipinski definition) is 0. The average Bonchev–Trinajstić information content (AvgIpc) is 2.85. The van der Waals surface area contributed by atoms with Crippen molar-refractivity contribution < 1.29 is 28.6 Å². The summed E-state index contributed by atoms with van der Waals surface area (Å²) >= 11 is 0. The highest BCUT2D eigenvalue weighted by Gasteiger charge is 2.47. The number of esters is 2. The first-order chi connectivity index (χ1) is 12.1. The van der Waals surface area contributed by atoms with E-state index in [0.29, 0.717) is 5.57 Å². The van der Waals surface area contributed by atoms with Crippen LogP contribution in [-0.2, 0) is 28.6 Å². The lowest BCUT2D eigenvalue weighted by atomic mass is 9.82. The molecule has 0 unspecified atom stereocenters. The van der Waals surface area contributed by atoms with Crippen molar-refractivity contribution in [3.63, 3.8) is 0 Å². The van der Waals surface area contributed by atoms with E-state index < -0.39 is 29.7 Å². The minimum atomic E-state index is -0.855. The van der Waals surface area contributed by atoms with Gasteiger partial charge in [0, 0.05) is 19.1 Å². The molecule has 0 saturated carbocycles. The van der Waals surface area contributed by atoms with Gasteiger partial charge in [0.1, 0.15) is 12.2 Å². The number of methoxy groups -OCH3 is 1. The third-order valence-electron chi connectivity index (χ3n) is 4.86. The second kappa shape index (κ2) is 7.58. The third kappa shape index (κ3) is 4.12. The molecule has 0 bridgehead atoms. The van der Waals surface area contributed by atoms with E-state index in [-0.39, 0.29) is 29.7 Å². The van der Waals surface area contributed by atoms with Crippen molar-refractivity contribution in [2.45, 2.75) is 51.9 Å². The van der Waals surface area contributed by atoms with Gasteiger partial charge in [-0.25, -0.2) is 4.79 Å². The van der Waals surface area contributed by atoms with Gasteiger partial charge in [-0.3, -0.25) is 9.59 Å². The van der Waals surface area contributed by atoms with Crippen LogP contribution in [0.4, 0.5) is 0 Å². The Balaban J connectivity index is 2.52. The number of carbonyl (C=O) groups excluding carboxylic acids is 3. The summed E-state index contributed by atoms with van der Waals surface area (Å²) in [7, 11) is 1.52. The van der Waals surface area contributed by atoms with E-state index in [2.05, 4.69) is 6.58 Å². The number of ketones is 1. The van der Waals surface area contributed by atoms with Crippen LogP contribution in [0.3, 0.4) is 0 Å². The summed E-state index contributed by atoms with van der Waals surface area (Å²) in [6, 6.07) is 0. The van der Waals surface area contributed by atoms with Gasteiger partial charge in [-0.2, -0.15) is 0 Å². The van der Waals surface area contributed by atoms with Gasteiger partial charge in [0.15, 0.2) is 5.78 Å². The Bertz CT molecular complexity index is 686. The first-order valence-electron chi connectivity index (χ1n) is 8.65. The fourth-order valence-electron chi connectivity index (χ4n) is 3.04. The molecule has 6 heteroatoms. The van der Waals surface area contributed by atoms with E-state index in [1.54, 1.807) is 39.8 Å². The van der Waals surface area contributed by atoms with E-state index in [0.717, 1.165) is 0 Å². The average molecular weight is 362 g/mol. The zero-order chi connectivity index (χ0) is 19.6. The Kier molecular flexibility index (Phi) is 5.86. The van der Waals surface area contributed by atoms with Crippen LogP contribution >= 0.6 is 0 Å². The molecule has 6 nitrogen and oxygen atoms in total. The highest BCUT2D eigenvalue weighted by Crippen LogP contribution is 2.37. The number of ether oxygens (including phenoxy) is 3. The minimum Gasteiger partial charge on any atom is -0.461 e. The molecule has 26 heavy (non-hydrogen) atoms. The van der Waals surface area contributed by atoms with Crippen molar-refractivity contribution in [1.82, 2.24) is 0 Å². The van der Waals surface area contributed by atoms with Crippen LogP contribution in [0.5, 0.6) is 0 Å². The lowest BCUT2D eigenvalue weighted by molar-refractivity contribution is -0.159. The zero-order valence-electron chi connectivity index (χ0n) is 15.9. The molecule has 2 aliphatic rings. The van der Waals surface area contributed by atoms with Gasteiger partial charge in [-0.05, 0) is 37.6 Å². The summed E-state index contributed by atoms with van der Waals surface area (Å²) in [6.07, 6.45) is 3.55. The molecule has 1 heterocycles. The van der Waals surface area contributed by atoms with Gasteiger partial charge in [0.25, 0.3) is 0 Å². The SMILES string of the molecule is C=C1C(=O)O[C@@H]2/C=C(/C)C(=O)/C=C/[C@](C)(OC)C[C@@H](OC(=O)C(C)C)[C@@H]12. The first kappa shape index (κ1) is 20.1. The summed E-state index contributed by atoms with van der Waals surface area (Å²) in [5.74, 6) is -2.02. The number of carbonyl (C=O) groups is 3. The van der Waals surface area contributed by atoms with Gasteiger partial charge < -0.3 is 14.2 Å². The molecular formula is C20H26O6. The second-order valence-corrected chi connectivity index (χ2v) is 7.32. The van der Waals surface area contributed by atoms with Crippen molar-refractivity contribution in [1.29, 1.82) is 0 Å². The van der Waals surface area contributed by atoms with Crippen molar-refractivity contribution in [2.75, 3.05) is 7.11 Å². The second-order valence-electron chi connectivity index (χ2n) is 7.32. The molecule has 1 saturated heterocycles. The highest BCUT2D eigenvalue weighted by molar-refractivity contribution is 6.03. The molecule has 0 aromatic rings.